The molecule has 0 unspecified atom stereocenters. The molecule has 2 aliphatic rings. The van der Waals surface area contributed by atoms with Gasteiger partial charge in [0, 0.05) is 20.2 Å². The minimum absolute atomic E-state index is 0. The van der Waals surface area contributed by atoms with Crippen LogP contribution >= 0.6 is 0 Å². The van der Waals surface area contributed by atoms with Crippen molar-refractivity contribution < 1.29 is 35.1 Å². The zero-order chi connectivity index (χ0) is 22.4. The Hall–Kier alpha value is -1.75. The number of carbonyl (C=O) groups excluding carboxylic acids is 1. The van der Waals surface area contributed by atoms with Gasteiger partial charge in [-0.2, -0.15) is 0 Å². The Morgan fingerprint density at radius 3 is 2.29 bits per heavy atom. The summed E-state index contributed by atoms with van der Waals surface area (Å²) in [5.74, 6) is 0. The maximum Gasteiger partial charge on any atom is 0.410 e. The first-order chi connectivity index (χ1) is 14.5. The van der Waals surface area contributed by atoms with Gasteiger partial charge in [-0.15, -0.1) is 0 Å². The van der Waals surface area contributed by atoms with Crippen molar-refractivity contribution in [2.24, 2.45) is 0 Å². The first kappa shape index (κ1) is 29.2. The number of carbonyl (C=O) groups is 1. The Balaban J connectivity index is 0.000000633. The van der Waals surface area contributed by atoms with Crippen molar-refractivity contribution in [3.63, 3.8) is 0 Å². The normalized spacial score (nSPS) is 25.8. The third-order valence-electron chi connectivity index (χ3n) is 4.89. The van der Waals surface area contributed by atoms with E-state index in [4.69, 9.17) is 20.1 Å². The Morgan fingerprint density at radius 2 is 1.61 bits per heavy atom. The highest BCUT2D eigenvalue weighted by Crippen LogP contribution is 2.13. The maximum absolute atomic E-state index is 11.9. The highest BCUT2D eigenvalue weighted by atomic mass is 16.6. The van der Waals surface area contributed by atoms with Gasteiger partial charge in [0.1, 0.15) is 6.61 Å². The molecule has 2 heterocycles. The van der Waals surface area contributed by atoms with Crippen LogP contribution in [0.2, 0.25) is 0 Å². The molecule has 1 aromatic rings. The van der Waals surface area contributed by atoms with E-state index in [0.29, 0.717) is 32.4 Å². The molecule has 0 aliphatic carbocycles. The van der Waals surface area contributed by atoms with Gasteiger partial charge in [-0.1, -0.05) is 37.8 Å². The second kappa shape index (κ2) is 16.9. The zero-order valence-corrected chi connectivity index (χ0v) is 17.6. The van der Waals surface area contributed by atoms with Crippen LogP contribution in [-0.4, -0.2) is 94.2 Å². The standard InChI is InChI=1S/C14H19NO4.C6H13NO2.CH4O.CH4/c16-12-7-4-8-15(9-13(12)17)14(18)19-10-11-5-2-1-3-6-11;8-5-2-1-3-7-4-6(5)9;1-2;/h1-3,5-6,12-13,16-17H,4,7-10H2;5-9H,1-4H2;2H,1H3;1H4/t12-,13+;5-,6+;;/m11../s1. The summed E-state index contributed by atoms with van der Waals surface area (Å²) in [6, 6.07) is 9.44. The van der Waals surface area contributed by atoms with Crippen LogP contribution in [0.4, 0.5) is 4.79 Å². The molecule has 2 saturated heterocycles. The van der Waals surface area contributed by atoms with Gasteiger partial charge >= 0.3 is 6.09 Å². The van der Waals surface area contributed by atoms with E-state index in [9.17, 15) is 15.0 Å². The third kappa shape index (κ3) is 11.4. The number of nitrogens with zero attached hydrogens (tertiary/aromatic N) is 1. The molecule has 0 bridgehead atoms. The molecule has 0 spiro atoms. The molecule has 180 valence electrons. The molecular formula is C22H40N2O7. The van der Waals surface area contributed by atoms with Crippen LogP contribution in [-0.2, 0) is 11.3 Å². The van der Waals surface area contributed by atoms with Crippen molar-refractivity contribution in [1.29, 1.82) is 0 Å². The van der Waals surface area contributed by atoms with E-state index < -0.39 is 30.5 Å². The molecule has 4 atom stereocenters. The molecule has 2 aliphatic heterocycles. The van der Waals surface area contributed by atoms with Crippen LogP contribution in [0.1, 0.15) is 38.7 Å². The van der Waals surface area contributed by atoms with E-state index in [0.717, 1.165) is 25.6 Å². The summed E-state index contributed by atoms with van der Waals surface area (Å²) in [5, 5.41) is 47.3. The second-order valence-corrected chi connectivity index (χ2v) is 7.24. The van der Waals surface area contributed by atoms with Crippen molar-refractivity contribution >= 4 is 6.09 Å². The average Bonchev–Trinajstić information content (AvgIpc) is 3.07. The maximum atomic E-state index is 11.9. The van der Waals surface area contributed by atoms with Crippen LogP contribution in [0.25, 0.3) is 0 Å². The van der Waals surface area contributed by atoms with Gasteiger partial charge in [0.2, 0.25) is 0 Å². The summed E-state index contributed by atoms with van der Waals surface area (Å²) >= 11 is 0. The molecule has 0 aromatic heterocycles. The summed E-state index contributed by atoms with van der Waals surface area (Å²) in [7, 11) is 1.00. The van der Waals surface area contributed by atoms with Gasteiger partial charge in [0.15, 0.2) is 0 Å². The Kier molecular flexibility index (Phi) is 15.9. The van der Waals surface area contributed by atoms with Gasteiger partial charge in [-0.05, 0) is 37.8 Å². The number of benzene rings is 1. The fourth-order valence-electron chi connectivity index (χ4n) is 3.11. The summed E-state index contributed by atoms with van der Waals surface area (Å²) in [6.45, 7) is 2.28. The Bertz CT molecular complexity index is 566. The van der Waals surface area contributed by atoms with Crippen LogP contribution < -0.4 is 5.32 Å². The average molecular weight is 445 g/mol. The van der Waals surface area contributed by atoms with Crippen LogP contribution in [0, 0.1) is 0 Å². The summed E-state index contributed by atoms with van der Waals surface area (Å²) in [4.78, 5) is 13.3. The quantitative estimate of drug-likeness (QED) is 0.387. The van der Waals surface area contributed by atoms with Crippen LogP contribution in [0.15, 0.2) is 30.3 Å². The smallest absolute Gasteiger partial charge is 0.410 e. The Morgan fingerprint density at radius 1 is 1.00 bits per heavy atom. The van der Waals surface area contributed by atoms with E-state index in [2.05, 4.69) is 5.32 Å². The van der Waals surface area contributed by atoms with Crippen molar-refractivity contribution in [1.82, 2.24) is 10.2 Å². The van der Waals surface area contributed by atoms with Gasteiger partial charge in [-0.25, -0.2) is 4.79 Å². The molecule has 1 aromatic carbocycles. The number of ether oxygens (including phenoxy) is 1. The summed E-state index contributed by atoms with van der Waals surface area (Å²) in [6.07, 6.45) is -0.336. The van der Waals surface area contributed by atoms with Gasteiger partial charge in [-0.3, -0.25) is 0 Å². The highest BCUT2D eigenvalue weighted by molar-refractivity contribution is 5.67. The molecule has 1 amide bonds. The van der Waals surface area contributed by atoms with E-state index in [1.807, 2.05) is 30.3 Å². The lowest BCUT2D eigenvalue weighted by molar-refractivity contribution is 0.00690. The lowest BCUT2D eigenvalue weighted by Gasteiger charge is -2.22. The largest absolute Gasteiger partial charge is 0.445 e. The molecular weight excluding hydrogens is 404 g/mol. The predicted octanol–water partition coefficient (Wildman–Crippen LogP) is 0.477. The van der Waals surface area contributed by atoms with Crippen molar-refractivity contribution in [2.45, 2.75) is 64.1 Å². The number of aliphatic hydroxyl groups is 5. The summed E-state index contributed by atoms with van der Waals surface area (Å²) in [5.41, 5.74) is 0.922. The number of likely N-dealkylation sites (tertiary alicyclic amines) is 1. The van der Waals surface area contributed by atoms with Crippen LogP contribution in [0.3, 0.4) is 0 Å². The number of rotatable bonds is 2. The zero-order valence-electron chi connectivity index (χ0n) is 17.6. The first-order valence-corrected chi connectivity index (χ1v) is 10.3. The SMILES string of the molecule is C.CO.O=C(OCc1ccccc1)N1CCC[C@@H](O)[C@@H](O)C1.O[C@@H]1CCCNC[C@@H]1O. The van der Waals surface area contributed by atoms with E-state index >= 15 is 0 Å². The number of hydrogen-bond donors (Lipinski definition) is 6. The topological polar surface area (TPSA) is 143 Å². The predicted molar refractivity (Wildman–Crippen MR) is 118 cm³/mol. The third-order valence-corrected chi connectivity index (χ3v) is 4.89. The number of hydrogen-bond acceptors (Lipinski definition) is 8. The van der Waals surface area contributed by atoms with Crippen molar-refractivity contribution in [2.75, 3.05) is 33.3 Å². The minimum Gasteiger partial charge on any atom is -0.445 e. The minimum atomic E-state index is -0.897. The number of amides is 1. The van der Waals surface area contributed by atoms with E-state index in [1.54, 1.807) is 0 Å². The van der Waals surface area contributed by atoms with E-state index in [1.165, 1.54) is 4.90 Å². The van der Waals surface area contributed by atoms with E-state index in [-0.39, 0.29) is 20.6 Å². The lowest BCUT2D eigenvalue weighted by Crippen LogP contribution is -2.39. The summed E-state index contributed by atoms with van der Waals surface area (Å²) < 4.78 is 5.20. The van der Waals surface area contributed by atoms with Gasteiger partial charge < -0.3 is 40.5 Å². The molecule has 2 fully saturated rings. The molecule has 0 radical (unpaired) electrons. The fraction of sp³-hybridized carbons (Fsp3) is 0.682. The number of aliphatic hydroxyl groups excluding tert-OH is 5. The fourth-order valence-corrected chi connectivity index (χ4v) is 3.11. The molecule has 9 nitrogen and oxygen atoms in total. The molecule has 31 heavy (non-hydrogen) atoms. The molecule has 3 rings (SSSR count). The van der Waals surface area contributed by atoms with Gasteiger partial charge in [0.05, 0.1) is 31.0 Å². The number of nitrogens with one attached hydrogen (secondary N) is 1. The van der Waals surface area contributed by atoms with Crippen molar-refractivity contribution in [3.05, 3.63) is 35.9 Å². The van der Waals surface area contributed by atoms with Gasteiger partial charge in [0.25, 0.3) is 0 Å². The Labute approximate surface area is 185 Å². The highest BCUT2D eigenvalue weighted by Gasteiger charge is 2.27. The molecule has 9 heteroatoms. The van der Waals surface area contributed by atoms with Crippen molar-refractivity contribution in [3.8, 4) is 0 Å². The molecule has 6 N–H and O–H groups in total. The number of β-amino-alcohol motifs (C(OH)–C–C–N with tert-alkyl or cyclic N) is 2. The first-order valence-electron chi connectivity index (χ1n) is 10.3. The monoisotopic (exact) mass is 444 g/mol. The van der Waals surface area contributed by atoms with Crippen LogP contribution in [0.5, 0.6) is 0 Å². The second-order valence-electron chi connectivity index (χ2n) is 7.24. The lowest BCUT2D eigenvalue weighted by atomic mass is 10.1. The molecule has 0 saturated carbocycles.